The van der Waals surface area contributed by atoms with Crippen LogP contribution in [-0.2, 0) is 32.9 Å². The van der Waals surface area contributed by atoms with Crippen molar-refractivity contribution in [3.63, 3.8) is 0 Å². The number of nitrogens with one attached hydrogen (secondary N) is 1. The van der Waals surface area contributed by atoms with Gasteiger partial charge in [-0.3, -0.25) is 0 Å². The molecule has 0 aliphatic rings. The van der Waals surface area contributed by atoms with Gasteiger partial charge >= 0.3 is 266 Å². The van der Waals surface area contributed by atoms with Crippen LogP contribution in [0.1, 0.15) is 58.3 Å². The Hall–Kier alpha value is -2.95. The van der Waals surface area contributed by atoms with Crippen molar-refractivity contribution in [2.75, 3.05) is 20.3 Å². The number of thiophene rings is 1. The van der Waals surface area contributed by atoms with E-state index in [-0.39, 0.29) is 0 Å². The fraction of sp³-hybridized carbons (Fsp3) is 0.387. The summed E-state index contributed by atoms with van der Waals surface area (Å²) in [6.07, 6.45) is 2.69. The minimum absolute atomic E-state index is 0.309. The van der Waals surface area contributed by atoms with Crippen LogP contribution in [0, 0.1) is 22.5 Å². The van der Waals surface area contributed by atoms with E-state index in [2.05, 4.69) is 5.32 Å². The van der Waals surface area contributed by atoms with Crippen molar-refractivity contribution < 1.29 is 41.7 Å². The van der Waals surface area contributed by atoms with Gasteiger partial charge in [-0.25, -0.2) is 0 Å². The first-order valence-electron chi connectivity index (χ1n) is 13.6. The van der Waals surface area contributed by atoms with E-state index in [9.17, 15) is 23.2 Å². The SMILES string of the molecule is CC(C)(C)C(=O)OCO[PH](C)(OCOC(=O)C(C)(C)C)C(C(=O)N/C=C/c1ccc(F)c(F)c1)c1csc2ccc(Cl)cc12. The molecule has 0 radical (unpaired) electrons. The van der Waals surface area contributed by atoms with E-state index >= 15 is 0 Å². The van der Waals surface area contributed by atoms with E-state index in [1.165, 1.54) is 29.7 Å². The Bertz CT molecular complexity index is 1520. The molecule has 240 valence electrons. The molecule has 1 atom stereocenters. The number of carbonyl (C=O) groups is 3. The van der Waals surface area contributed by atoms with E-state index in [1.54, 1.807) is 65.7 Å². The fourth-order valence-electron chi connectivity index (χ4n) is 3.87. The van der Waals surface area contributed by atoms with Gasteiger partial charge in [0, 0.05) is 0 Å². The Morgan fingerprint density at radius 2 is 1.52 bits per heavy atom. The van der Waals surface area contributed by atoms with Gasteiger partial charge in [-0.2, -0.15) is 0 Å². The van der Waals surface area contributed by atoms with Crippen LogP contribution in [0.4, 0.5) is 8.78 Å². The summed E-state index contributed by atoms with van der Waals surface area (Å²) in [5.74, 6) is -3.66. The third kappa shape index (κ3) is 9.28. The molecule has 13 heteroatoms. The molecule has 0 saturated carbocycles. The first-order valence-corrected chi connectivity index (χ1v) is 17.3. The van der Waals surface area contributed by atoms with Gasteiger partial charge in [0.1, 0.15) is 0 Å². The third-order valence-electron chi connectivity index (χ3n) is 6.40. The van der Waals surface area contributed by atoms with E-state index in [0.29, 0.717) is 21.5 Å². The van der Waals surface area contributed by atoms with Crippen LogP contribution in [0.15, 0.2) is 48.0 Å². The molecule has 1 amide bonds. The molecule has 0 spiro atoms. The minimum atomic E-state index is -3.83. The second-order valence-electron chi connectivity index (χ2n) is 12.2. The summed E-state index contributed by atoms with van der Waals surface area (Å²) in [6, 6.07) is 8.58. The zero-order chi connectivity index (χ0) is 32.9. The number of halogens is 3. The Morgan fingerprint density at radius 3 is 2.07 bits per heavy atom. The molecular weight excluding hydrogens is 635 g/mol. The monoisotopic (exact) mass is 671 g/mol. The summed E-state index contributed by atoms with van der Waals surface area (Å²) in [5, 5.41) is 5.58. The maximum atomic E-state index is 14.0. The molecule has 0 aliphatic carbocycles. The summed E-state index contributed by atoms with van der Waals surface area (Å²) in [6.45, 7) is 10.7. The van der Waals surface area contributed by atoms with Crippen LogP contribution < -0.4 is 5.32 Å². The molecule has 1 N–H and O–H groups in total. The molecule has 0 bridgehead atoms. The van der Waals surface area contributed by atoms with Gasteiger partial charge in [0.15, 0.2) is 0 Å². The van der Waals surface area contributed by atoms with Crippen molar-refractivity contribution in [2.45, 2.75) is 47.2 Å². The number of fused-ring (bicyclic) bond motifs is 1. The van der Waals surface area contributed by atoms with Crippen LogP contribution in [0.2, 0.25) is 5.02 Å². The normalized spacial score (nSPS) is 13.6. The van der Waals surface area contributed by atoms with Gasteiger partial charge in [0.25, 0.3) is 0 Å². The van der Waals surface area contributed by atoms with Crippen LogP contribution in [0.25, 0.3) is 16.2 Å². The summed E-state index contributed by atoms with van der Waals surface area (Å²) in [7, 11) is -3.83. The number of amides is 1. The van der Waals surface area contributed by atoms with Crippen molar-refractivity contribution >= 4 is 64.7 Å². The molecule has 2 aromatic carbocycles. The van der Waals surface area contributed by atoms with Crippen molar-refractivity contribution in [1.29, 1.82) is 0 Å². The molecule has 0 saturated heterocycles. The van der Waals surface area contributed by atoms with Crippen LogP contribution in [0.5, 0.6) is 0 Å². The number of hydrogen-bond donors (Lipinski definition) is 1. The van der Waals surface area contributed by atoms with Gasteiger partial charge in [0.2, 0.25) is 0 Å². The zero-order valence-corrected chi connectivity index (χ0v) is 28.2. The summed E-state index contributed by atoms with van der Waals surface area (Å²) < 4.78 is 50.9. The van der Waals surface area contributed by atoms with E-state index in [1.807, 2.05) is 6.07 Å². The molecule has 3 rings (SSSR count). The predicted molar refractivity (Wildman–Crippen MR) is 170 cm³/mol. The molecule has 44 heavy (non-hydrogen) atoms. The Balaban J connectivity index is 2.02. The van der Waals surface area contributed by atoms with Gasteiger partial charge in [-0.05, 0) is 0 Å². The molecule has 0 aliphatic heterocycles. The zero-order valence-electron chi connectivity index (χ0n) is 25.6. The molecule has 1 aromatic heterocycles. The number of benzene rings is 2. The Kier molecular flexibility index (Phi) is 11.7. The summed E-state index contributed by atoms with van der Waals surface area (Å²) in [5.41, 5.74) is -1.89. The van der Waals surface area contributed by atoms with E-state index in [4.69, 9.17) is 30.1 Å². The van der Waals surface area contributed by atoms with Crippen LogP contribution >= 0.6 is 30.7 Å². The third-order valence-corrected chi connectivity index (χ3v) is 10.6. The summed E-state index contributed by atoms with van der Waals surface area (Å²) >= 11 is 7.69. The molecular formula is C31H37ClF2NO7PS. The van der Waals surface area contributed by atoms with Crippen LogP contribution in [-0.4, -0.2) is 38.1 Å². The molecule has 8 nitrogen and oxygen atoms in total. The second-order valence-corrected chi connectivity index (χ2v) is 16.7. The molecule has 3 aromatic rings. The fourth-order valence-corrected chi connectivity index (χ4v) is 7.49. The van der Waals surface area contributed by atoms with Crippen LogP contribution in [0.3, 0.4) is 0 Å². The first-order chi connectivity index (χ1) is 20.4. The second kappa shape index (κ2) is 14.4. The average molecular weight is 672 g/mol. The molecule has 0 fully saturated rings. The van der Waals surface area contributed by atoms with Gasteiger partial charge in [-0.1, -0.05) is 0 Å². The Labute approximate surface area is 265 Å². The van der Waals surface area contributed by atoms with Crippen molar-refractivity contribution in [3.8, 4) is 0 Å². The van der Waals surface area contributed by atoms with Gasteiger partial charge < -0.3 is 0 Å². The maximum absolute atomic E-state index is 14.0. The number of hydrogen-bond acceptors (Lipinski definition) is 8. The van der Waals surface area contributed by atoms with Crippen molar-refractivity contribution in [3.05, 3.63) is 75.8 Å². The molecule has 1 unspecified atom stereocenters. The number of esters is 2. The number of rotatable bonds is 11. The molecule has 1 heterocycles. The predicted octanol–water partition coefficient (Wildman–Crippen LogP) is 8.00. The quantitative estimate of drug-likeness (QED) is 0.125. The summed E-state index contributed by atoms with van der Waals surface area (Å²) in [4.78, 5) is 38.9. The number of carbonyl (C=O) groups excluding carboxylic acids is 3. The van der Waals surface area contributed by atoms with Gasteiger partial charge in [0.05, 0.1) is 0 Å². The van der Waals surface area contributed by atoms with E-state index in [0.717, 1.165) is 16.8 Å². The standard InChI is InChI=1S/C31H37ClF2NO7PS/c1-30(2,3)28(37)39-17-41-43(7,42-18-40-29(38)31(4,5)6)26(22-16-44-25-11-9-20(32)15-21(22)25)27(36)35-13-12-19-8-10-23(33)24(34)14-19/h8-16,26,43H,17-18H2,1-7H3,(H,35,36)/b13-12+. The topological polar surface area (TPSA) is 100 Å². The number of ether oxygens (including phenoxy) is 2. The first kappa shape index (κ1) is 35.5. The van der Waals surface area contributed by atoms with Crippen molar-refractivity contribution in [2.24, 2.45) is 10.8 Å². The van der Waals surface area contributed by atoms with E-state index < -0.39 is 67.3 Å². The Morgan fingerprint density at radius 1 is 0.932 bits per heavy atom. The average Bonchev–Trinajstić information content (AvgIpc) is 3.32. The van der Waals surface area contributed by atoms with Gasteiger partial charge in [-0.15, -0.1) is 0 Å². The van der Waals surface area contributed by atoms with Crippen molar-refractivity contribution in [1.82, 2.24) is 5.32 Å².